The molecule has 2 aliphatic rings. The van der Waals surface area contributed by atoms with Gasteiger partial charge in [0.25, 0.3) is 5.91 Å². The summed E-state index contributed by atoms with van der Waals surface area (Å²) in [5, 5.41) is 3.92. The van der Waals surface area contributed by atoms with Gasteiger partial charge in [-0.25, -0.2) is 0 Å². The van der Waals surface area contributed by atoms with Crippen LogP contribution in [0.2, 0.25) is 0 Å². The Bertz CT molecular complexity index is 517. The summed E-state index contributed by atoms with van der Waals surface area (Å²) in [7, 11) is 3.80. The van der Waals surface area contributed by atoms with E-state index in [4.69, 9.17) is 5.73 Å². The first-order valence-electron chi connectivity index (χ1n) is 7.47. The fourth-order valence-corrected chi connectivity index (χ4v) is 4.15. The van der Waals surface area contributed by atoms with Gasteiger partial charge in [0, 0.05) is 26.2 Å². The second-order valence-corrected chi connectivity index (χ2v) is 7.09. The summed E-state index contributed by atoms with van der Waals surface area (Å²) in [6.45, 7) is 1.09. The van der Waals surface area contributed by atoms with Crippen LogP contribution >= 0.6 is 11.3 Å². The predicted molar refractivity (Wildman–Crippen MR) is 84.7 cm³/mol. The van der Waals surface area contributed by atoms with Crippen molar-refractivity contribution in [2.45, 2.75) is 38.0 Å². The van der Waals surface area contributed by atoms with Crippen LogP contribution in [0.25, 0.3) is 0 Å². The number of amides is 1. The average molecular weight is 293 g/mol. The summed E-state index contributed by atoms with van der Waals surface area (Å²) < 4.78 is 0. The molecule has 3 rings (SSSR count). The molecule has 0 spiro atoms. The van der Waals surface area contributed by atoms with Gasteiger partial charge in [-0.2, -0.15) is 0 Å². The maximum atomic E-state index is 12.0. The number of carbonyl (C=O) groups is 1. The van der Waals surface area contributed by atoms with E-state index >= 15 is 0 Å². The fourth-order valence-electron chi connectivity index (χ4n) is 2.92. The summed E-state index contributed by atoms with van der Waals surface area (Å²) >= 11 is 1.56. The fraction of sp³-hybridized carbons (Fsp3) is 0.667. The van der Waals surface area contributed by atoms with Crippen molar-refractivity contribution < 1.29 is 4.79 Å². The molecule has 1 amide bonds. The standard InChI is InChI=1S/C15H23N3OS/c1-17-14(19)13-12(16)11(10-6-7-10)15(20-13)18(2)8-9-4-3-5-9/h9-10H,3-8,16H2,1-2H3,(H,17,19). The van der Waals surface area contributed by atoms with Crippen molar-refractivity contribution in [3.63, 3.8) is 0 Å². The average Bonchev–Trinajstić information content (AvgIpc) is 3.16. The first kappa shape index (κ1) is 13.7. The lowest BCUT2D eigenvalue weighted by molar-refractivity contribution is 0.0968. The maximum absolute atomic E-state index is 12.0. The van der Waals surface area contributed by atoms with Crippen LogP contribution in [0.5, 0.6) is 0 Å². The third-order valence-electron chi connectivity index (χ3n) is 4.49. The van der Waals surface area contributed by atoms with Crippen LogP contribution in [0.4, 0.5) is 10.7 Å². The maximum Gasteiger partial charge on any atom is 0.263 e. The molecule has 0 atom stereocenters. The number of nitrogen functional groups attached to an aromatic ring is 1. The first-order chi connectivity index (χ1) is 9.61. The minimum atomic E-state index is -0.0577. The summed E-state index contributed by atoms with van der Waals surface area (Å²) in [4.78, 5) is 15.0. The molecule has 2 fully saturated rings. The number of anilines is 2. The van der Waals surface area contributed by atoms with Gasteiger partial charge in [0.15, 0.2) is 0 Å². The normalized spacial score (nSPS) is 18.7. The van der Waals surface area contributed by atoms with E-state index in [1.54, 1.807) is 18.4 Å². The van der Waals surface area contributed by atoms with Crippen LogP contribution in [0, 0.1) is 5.92 Å². The van der Waals surface area contributed by atoms with Gasteiger partial charge < -0.3 is 16.0 Å². The molecule has 5 heteroatoms. The minimum absolute atomic E-state index is 0.0577. The van der Waals surface area contributed by atoms with Gasteiger partial charge in [-0.3, -0.25) is 4.79 Å². The molecule has 1 aromatic heterocycles. The number of nitrogens with zero attached hydrogens (tertiary/aromatic N) is 1. The SMILES string of the molecule is CNC(=O)c1sc(N(C)CC2CCC2)c(C2CC2)c1N. The van der Waals surface area contributed by atoms with Crippen molar-refractivity contribution in [2.75, 3.05) is 31.3 Å². The molecule has 0 saturated heterocycles. The van der Waals surface area contributed by atoms with Crippen molar-refractivity contribution in [3.8, 4) is 0 Å². The molecular weight excluding hydrogens is 270 g/mol. The van der Waals surface area contributed by atoms with E-state index in [9.17, 15) is 4.79 Å². The highest BCUT2D eigenvalue weighted by atomic mass is 32.1. The third-order valence-corrected chi connectivity index (χ3v) is 5.82. The number of rotatable bonds is 5. The number of hydrogen-bond acceptors (Lipinski definition) is 4. The highest BCUT2D eigenvalue weighted by Gasteiger charge is 2.34. The Balaban J connectivity index is 1.89. The number of nitrogens with one attached hydrogen (secondary N) is 1. The van der Waals surface area contributed by atoms with Crippen molar-refractivity contribution in [1.29, 1.82) is 0 Å². The lowest BCUT2D eigenvalue weighted by Gasteiger charge is -2.31. The highest BCUT2D eigenvalue weighted by molar-refractivity contribution is 7.18. The monoisotopic (exact) mass is 293 g/mol. The molecule has 110 valence electrons. The van der Waals surface area contributed by atoms with Crippen LogP contribution in [0.3, 0.4) is 0 Å². The predicted octanol–water partition coefficient (Wildman–Crippen LogP) is 2.80. The topological polar surface area (TPSA) is 58.4 Å². The van der Waals surface area contributed by atoms with Gasteiger partial charge in [0.2, 0.25) is 0 Å². The Morgan fingerprint density at radius 3 is 2.60 bits per heavy atom. The Labute approximate surface area is 124 Å². The van der Waals surface area contributed by atoms with Crippen LogP contribution in [0.15, 0.2) is 0 Å². The number of thiophene rings is 1. The smallest absolute Gasteiger partial charge is 0.263 e. The van der Waals surface area contributed by atoms with E-state index in [2.05, 4.69) is 17.3 Å². The molecule has 0 aliphatic heterocycles. The zero-order chi connectivity index (χ0) is 14.3. The summed E-state index contributed by atoms with van der Waals surface area (Å²) in [5.41, 5.74) is 8.21. The molecule has 0 bridgehead atoms. The number of carbonyl (C=O) groups excluding carboxylic acids is 1. The van der Waals surface area contributed by atoms with Gasteiger partial charge in [-0.1, -0.05) is 6.42 Å². The zero-order valence-electron chi connectivity index (χ0n) is 12.2. The number of hydrogen-bond donors (Lipinski definition) is 2. The molecule has 4 nitrogen and oxygen atoms in total. The minimum Gasteiger partial charge on any atom is -0.397 e. The largest absolute Gasteiger partial charge is 0.397 e. The third kappa shape index (κ3) is 2.39. The molecule has 0 aromatic carbocycles. The van der Waals surface area contributed by atoms with Crippen molar-refractivity contribution >= 4 is 27.9 Å². The van der Waals surface area contributed by atoms with E-state index in [1.807, 2.05) is 0 Å². The van der Waals surface area contributed by atoms with Crippen molar-refractivity contribution in [3.05, 3.63) is 10.4 Å². The zero-order valence-corrected chi connectivity index (χ0v) is 13.1. The van der Waals surface area contributed by atoms with Crippen LogP contribution < -0.4 is 16.0 Å². The van der Waals surface area contributed by atoms with Crippen LogP contribution in [0.1, 0.15) is 53.3 Å². The molecule has 2 saturated carbocycles. The van der Waals surface area contributed by atoms with Gasteiger partial charge in [-0.05, 0) is 37.5 Å². The van der Waals surface area contributed by atoms with Gasteiger partial charge in [0.1, 0.15) is 4.88 Å². The summed E-state index contributed by atoms with van der Waals surface area (Å²) in [5.74, 6) is 1.33. The molecule has 0 radical (unpaired) electrons. The van der Waals surface area contributed by atoms with Crippen molar-refractivity contribution in [2.24, 2.45) is 5.92 Å². The van der Waals surface area contributed by atoms with E-state index in [0.29, 0.717) is 16.5 Å². The van der Waals surface area contributed by atoms with Crippen LogP contribution in [-0.4, -0.2) is 26.5 Å². The molecule has 3 N–H and O–H groups in total. The molecule has 2 aliphatic carbocycles. The van der Waals surface area contributed by atoms with Gasteiger partial charge in [-0.15, -0.1) is 11.3 Å². The van der Waals surface area contributed by atoms with Gasteiger partial charge >= 0.3 is 0 Å². The second-order valence-electron chi connectivity index (χ2n) is 6.09. The number of nitrogens with two attached hydrogens (primary N) is 1. The van der Waals surface area contributed by atoms with Gasteiger partial charge in [0.05, 0.1) is 10.7 Å². The lowest BCUT2D eigenvalue weighted by Crippen LogP contribution is -2.29. The molecule has 20 heavy (non-hydrogen) atoms. The molecule has 1 heterocycles. The van der Waals surface area contributed by atoms with Crippen LogP contribution in [-0.2, 0) is 0 Å². The Kier molecular flexibility index (Phi) is 3.63. The highest BCUT2D eigenvalue weighted by Crippen LogP contribution is 2.52. The molecule has 1 aromatic rings. The van der Waals surface area contributed by atoms with Crippen molar-refractivity contribution in [1.82, 2.24) is 5.32 Å². The first-order valence-corrected chi connectivity index (χ1v) is 8.28. The quantitative estimate of drug-likeness (QED) is 0.877. The van der Waals surface area contributed by atoms with E-state index in [0.717, 1.165) is 12.5 Å². The lowest BCUT2D eigenvalue weighted by atomic mass is 9.85. The molecular formula is C15H23N3OS. The van der Waals surface area contributed by atoms with E-state index in [-0.39, 0.29) is 5.91 Å². The van der Waals surface area contributed by atoms with E-state index < -0.39 is 0 Å². The summed E-state index contributed by atoms with van der Waals surface area (Å²) in [6.07, 6.45) is 6.46. The van der Waals surface area contributed by atoms with E-state index in [1.165, 1.54) is 42.7 Å². The summed E-state index contributed by atoms with van der Waals surface area (Å²) in [6, 6.07) is 0. The Morgan fingerprint density at radius 2 is 2.10 bits per heavy atom. The molecule has 0 unspecified atom stereocenters. The Hall–Kier alpha value is -1.23. The second kappa shape index (κ2) is 5.28. The Morgan fingerprint density at radius 1 is 1.40 bits per heavy atom.